The SMILES string of the molecule is O=S(=O)(NCC[NH+]1CCCC1)c1cccc2nsnc12. The molecule has 20 heavy (non-hydrogen) atoms. The molecule has 1 fully saturated rings. The molecule has 0 atom stereocenters. The van der Waals surface area contributed by atoms with Crippen LogP contribution in [0.25, 0.3) is 11.0 Å². The average molecular weight is 313 g/mol. The second-order valence-corrected chi connectivity index (χ2v) is 7.26. The summed E-state index contributed by atoms with van der Waals surface area (Å²) in [6.07, 6.45) is 2.48. The van der Waals surface area contributed by atoms with Crippen LogP contribution in [0.5, 0.6) is 0 Å². The van der Waals surface area contributed by atoms with Gasteiger partial charge in [-0.05, 0) is 12.1 Å². The van der Waals surface area contributed by atoms with Crippen molar-refractivity contribution in [3.8, 4) is 0 Å². The molecule has 3 rings (SSSR count). The summed E-state index contributed by atoms with van der Waals surface area (Å²) in [5.74, 6) is 0. The lowest BCUT2D eigenvalue weighted by atomic mass is 10.3. The molecule has 1 aromatic carbocycles. The molecule has 0 radical (unpaired) electrons. The van der Waals surface area contributed by atoms with Gasteiger partial charge >= 0.3 is 0 Å². The molecule has 1 aliphatic rings. The van der Waals surface area contributed by atoms with E-state index in [1.807, 2.05) is 0 Å². The second kappa shape index (κ2) is 5.72. The highest BCUT2D eigenvalue weighted by molar-refractivity contribution is 7.89. The Morgan fingerprint density at radius 2 is 2.05 bits per heavy atom. The Balaban J connectivity index is 1.72. The van der Waals surface area contributed by atoms with E-state index in [-0.39, 0.29) is 4.90 Å². The molecule has 1 aromatic heterocycles. The maximum Gasteiger partial charge on any atom is 0.243 e. The molecule has 8 heteroatoms. The number of nitrogens with one attached hydrogen (secondary N) is 2. The Bertz CT molecular complexity index is 692. The zero-order valence-corrected chi connectivity index (χ0v) is 12.6. The summed E-state index contributed by atoms with van der Waals surface area (Å²) < 4.78 is 35.5. The molecule has 0 amide bonds. The fourth-order valence-corrected chi connectivity index (χ4v) is 4.36. The molecule has 0 spiro atoms. The predicted octanol–water partition coefficient (Wildman–Crippen LogP) is -0.352. The first-order valence-electron chi connectivity index (χ1n) is 6.71. The predicted molar refractivity (Wildman–Crippen MR) is 77.4 cm³/mol. The maximum absolute atomic E-state index is 12.3. The molecule has 2 heterocycles. The van der Waals surface area contributed by atoms with Crippen LogP contribution in [-0.2, 0) is 10.0 Å². The maximum atomic E-state index is 12.3. The van der Waals surface area contributed by atoms with Crippen LogP contribution in [-0.4, -0.2) is 43.3 Å². The number of fused-ring (bicyclic) bond motifs is 1. The molecule has 0 unspecified atom stereocenters. The van der Waals surface area contributed by atoms with Gasteiger partial charge in [-0.15, -0.1) is 0 Å². The largest absolute Gasteiger partial charge is 0.334 e. The third kappa shape index (κ3) is 2.83. The Morgan fingerprint density at radius 1 is 1.25 bits per heavy atom. The van der Waals surface area contributed by atoms with Crippen molar-refractivity contribution in [3.05, 3.63) is 18.2 Å². The summed E-state index contributed by atoms with van der Waals surface area (Å²) in [6, 6.07) is 5.05. The zero-order chi connectivity index (χ0) is 14.0. The van der Waals surface area contributed by atoms with Gasteiger partial charge in [0, 0.05) is 12.8 Å². The Labute approximate surface area is 122 Å². The lowest BCUT2D eigenvalue weighted by molar-refractivity contribution is -0.886. The monoisotopic (exact) mass is 313 g/mol. The smallest absolute Gasteiger partial charge is 0.243 e. The fourth-order valence-electron chi connectivity index (χ4n) is 2.56. The van der Waals surface area contributed by atoms with Crippen LogP contribution in [0.15, 0.2) is 23.1 Å². The van der Waals surface area contributed by atoms with Crippen LogP contribution in [0, 0.1) is 0 Å². The molecular weight excluding hydrogens is 296 g/mol. The minimum Gasteiger partial charge on any atom is -0.334 e. The minimum absolute atomic E-state index is 0.222. The highest BCUT2D eigenvalue weighted by Crippen LogP contribution is 2.20. The van der Waals surface area contributed by atoms with Crippen LogP contribution in [0.2, 0.25) is 0 Å². The van der Waals surface area contributed by atoms with Crippen molar-refractivity contribution in [2.24, 2.45) is 0 Å². The van der Waals surface area contributed by atoms with Crippen molar-refractivity contribution in [2.75, 3.05) is 26.2 Å². The van der Waals surface area contributed by atoms with Gasteiger partial charge in [-0.1, -0.05) is 6.07 Å². The van der Waals surface area contributed by atoms with Gasteiger partial charge in [0.15, 0.2) is 0 Å². The summed E-state index contributed by atoms with van der Waals surface area (Å²) in [6.45, 7) is 3.59. The topological polar surface area (TPSA) is 76.4 Å². The van der Waals surface area contributed by atoms with Crippen molar-refractivity contribution >= 4 is 32.8 Å². The van der Waals surface area contributed by atoms with Crippen LogP contribution >= 0.6 is 11.7 Å². The first-order valence-corrected chi connectivity index (χ1v) is 8.93. The fraction of sp³-hybridized carbons (Fsp3) is 0.500. The van der Waals surface area contributed by atoms with Crippen LogP contribution in [0.4, 0.5) is 0 Å². The van der Waals surface area contributed by atoms with Crippen molar-refractivity contribution in [3.63, 3.8) is 0 Å². The van der Waals surface area contributed by atoms with Crippen molar-refractivity contribution < 1.29 is 13.3 Å². The standard InChI is InChI=1S/C12H16N4O2S2/c17-20(18,13-6-9-16-7-1-2-8-16)11-5-3-4-10-12(11)15-19-14-10/h3-5,13H,1-2,6-9H2/p+1. The van der Waals surface area contributed by atoms with E-state index in [9.17, 15) is 8.42 Å². The van der Waals surface area contributed by atoms with Gasteiger partial charge in [0.05, 0.1) is 37.9 Å². The summed E-state index contributed by atoms with van der Waals surface area (Å²) in [7, 11) is -3.51. The molecule has 0 aliphatic carbocycles. The third-order valence-electron chi connectivity index (χ3n) is 3.62. The van der Waals surface area contributed by atoms with Crippen LogP contribution < -0.4 is 9.62 Å². The van der Waals surface area contributed by atoms with Crippen LogP contribution in [0.3, 0.4) is 0 Å². The van der Waals surface area contributed by atoms with Gasteiger partial charge in [-0.3, -0.25) is 0 Å². The van der Waals surface area contributed by atoms with Crippen molar-refractivity contribution in [1.82, 2.24) is 13.5 Å². The molecule has 2 aromatic rings. The van der Waals surface area contributed by atoms with E-state index in [0.29, 0.717) is 17.6 Å². The van der Waals surface area contributed by atoms with E-state index >= 15 is 0 Å². The molecule has 0 saturated carbocycles. The average Bonchev–Trinajstić information content (AvgIpc) is 3.08. The van der Waals surface area contributed by atoms with E-state index < -0.39 is 10.0 Å². The van der Waals surface area contributed by atoms with Gasteiger partial charge in [0.2, 0.25) is 10.0 Å². The second-order valence-electron chi connectivity index (χ2n) is 4.99. The summed E-state index contributed by atoms with van der Waals surface area (Å²) in [5, 5.41) is 0. The number of hydrogen-bond donors (Lipinski definition) is 2. The van der Waals surface area contributed by atoms with E-state index in [2.05, 4.69) is 13.5 Å². The third-order valence-corrected chi connectivity index (χ3v) is 5.65. The Kier molecular flexibility index (Phi) is 3.97. The van der Waals surface area contributed by atoms with Gasteiger partial charge in [-0.2, -0.15) is 8.75 Å². The summed E-state index contributed by atoms with van der Waals surface area (Å²) in [5.41, 5.74) is 1.08. The Morgan fingerprint density at radius 3 is 2.85 bits per heavy atom. The van der Waals surface area contributed by atoms with E-state index in [1.165, 1.54) is 17.7 Å². The number of benzene rings is 1. The zero-order valence-electron chi connectivity index (χ0n) is 11.0. The molecule has 6 nitrogen and oxygen atoms in total. The molecule has 2 N–H and O–H groups in total. The molecule has 1 aliphatic heterocycles. The number of aromatic nitrogens is 2. The molecule has 1 saturated heterocycles. The highest BCUT2D eigenvalue weighted by atomic mass is 32.2. The number of rotatable bonds is 5. The number of quaternary nitrogens is 1. The van der Waals surface area contributed by atoms with Gasteiger partial charge in [-0.25, -0.2) is 13.1 Å². The quantitative estimate of drug-likeness (QED) is 0.791. The van der Waals surface area contributed by atoms with Gasteiger partial charge in [0.25, 0.3) is 0 Å². The molecular formula is C12H17N4O2S2+. The van der Waals surface area contributed by atoms with Crippen molar-refractivity contribution in [2.45, 2.75) is 17.7 Å². The summed E-state index contributed by atoms with van der Waals surface area (Å²) in [4.78, 5) is 1.70. The first kappa shape index (κ1) is 13.9. The number of nitrogens with zero attached hydrogens (tertiary/aromatic N) is 2. The van der Waals surface area contributed by atoms with E-state index in [1.54, 1.807) is 18.2 Å². The molecule has 0 bridgehead atoms. The van der Waals surface area contributed by atoms with Crippen molar-refractivity contribution in [1.29, 1.82) is 0 Å². The van der Waals surface area contributed by atoms with E-state index in [0.717, 1.165) is 31.4 Å². The first-order chi connectivity index (χ1) is 9.67. The highest BCUT2D eigenvalue weighted by Gasteiger charge is 2.21. The summed E-state index contributed by atoms with van der Waals surface area (Å²) >= 11 is 1.03. The van der Waals surface area contributed by atoms with Gasteiger partial charge < -0.3 is 4.90 Å². The number of likely N-dealkylation sites (tertiary alicyclic amines) is 1. The van der Waals surface area contributed by atoms with E-state index in [4.69, 9.17) is 0 Å². The normalized spacial score (nSPS) is 17.0. The lowest BCUT2D eigenvalue weighted by Crippen LogP contribution is -3.10. The molecule has 108 valence electrons. The number of sulfonamides is 1. The van der Waals surface area contributed by atoms with Gasteiger partial charge in [0.1, 0.15) is 15.9 Å². The lowest BCUT2D eigenvalue weighted by Gasteiger charge is -2.12. The minimum atomic E-state index is -3.51. The Hall–Kier alpha value is -1.09. The number of hydrogen-bond acceptors (Lipinski definition) is 5. The van der Waals surface area contributed by atoms with Crippen LogP contribution in [0.1, 0.15) is 12.8 Å².